The molecule has 0 amide bonds. The third kappa shape index (κ3) is 5.16. The predicted octanol–water partition coefficient (Wildman–Crippen LogP) is -0.375. The van der Waals surface area contributed by atoms with Crippen molar-refractivity contribution in [2.75, 3.05) is 13.7 Å². The normalized spacial score (nSPS) is 10.8. The van der Waals surface area contributed by atoms with E-state index in [9.17, 15) is 14.7 Å². The molecule has 1 aromatic carbocycles. The second-order valence-corrected chi connectivity index (χ2v) is 3.58. The highest BCUT2D eigenvalue weighted by atomic mass is 16.5. The topological polar surface area (TPSA) is 78.5 Å². The maximum absolute atomic E-state index is 11.2. The van der Waals surface area contributed by atoms with Gasteiger partial charge in [-0.15, -0.1) is 0 Å². The highest BCUT2D eigenvalue weighted by molar-refractivity contribution is 5.82. The Morgan fingerprint density at radius 1 is 1.33 bits per heavy atom. The van der Waals surface area contributed by atoms with Gasteiger partial charge in [0.2, 0.25) is 0 Å². The highest BCUT2D eigenvalue weighted by Crippen LogP contribution is 2.05. The lowest BCUT2D eigenvalue weighted by Gasteiger charge is -2.11. The Bertz CT molecular complexity index is 440. The van der Waals surface area contributed by atoms with Crippen LogP contribution in [0.2, 0.25) is 0 Å². The van der Waals surface area contributed by atoms with Gasteiger partial charge in [0.25, 0.3) is 0 Å². The van der Waals surface area contributed by atoms with Crippen LogP contribution in [0, 0.1) is 0 Å². The average Bonchev–Trinajstić information content (AvgIpc) is 2.37. The molecule has 1 N–H and O–H groups in total. The van der Waals surface area contributed by atoms with Crippen molar-refractivity contribution in [2.24, 2.45) is 0 Å². The van der Waals surface area contributed by atoms with Gasteiger partial charge < -0.3 is 20.0 Å². The molecular formula is C13H14NO4-. The first-order chi connectivity index (χ1) is 8.61. The van der Waals surface area contributed by atoms with E-state index in [1.807, 2.05) is 30.3 Å². The maximum atomic E-state index is 11.2. The van der Waals surface area contributed by atoms with Crippen molar-refractivity contribution >= 4 is 11.9 Å². The van der Waals surface area contributed by atoms with Crippen LogP contribution in [-0.4, -0.2) is 25.6 Å². The van der Waals surface area contributed by atoms with Crippen molar-refractivity contribution in [2.45, 2.75) is 6.42 Å². The second-order valence-electron chi connectivity index (χ2n) is 3.58. The molecule has 1 aromatic rings. The summed E-state index contributed by atoms with van der Waals surface area (Å²) in [4.78, 5) is 21.5. The lowest BCUT2D eigenvalue weighted by Crippen LogP contribution is -2.34. The van der Waals surface area contributed by atoms with E-state index in [4.69, 9.17) is 0 Å². The molecule has 5 nitrogen and oxygen atoms in total. The molecule has 0 aromatic heterocycles. The molecule has 18 heavy (non-hydrogen) atoms. The average molecular weight is 248 g/mol. The van der Waals surface area contributed by atoms with E-state index in [1.165, 1.54) is 13.2 Å². The lowest BCUT2D eigenvalue weighted by molar-refractivity contribution is -0.303. The Morgan fingerprint density at radius 3 is 2.56 bits per heavy atom. The largest absolute Gasteiger partial charge is 0.548 e. The summed E-state index contributed by atoms with van der Waals surface area (Å²) >= 11 is 0. The standard InChI is InChI=1S/C13H15NO4/c1-18-13(17)8-11(14-9-12(15)16)7-10-5-3-2-4-6-10/h2-6,8,14H,7,9H2,1H3,(H,15,16)/p-1/b11-8-. The van der Waals surface area contributed by atoms with E-state index < -0.39 is 11.9 Å². The molecule has 0 radical (unpaired) electrons. The summed E-state index contributed by atoms with van der Waals surface area (Å²) in [6, 6.07) is 9.37. The number of hydrogen-bond donors (Lipinski definition) is 1. The summed E-state index contributed by atoms with van der Waals surface area (Å²) in [5.41, 5.74) is 1.43. The van der Waals surface area contributed by atoms with Gasteiger partial charge in [-0.2, -0.15) is 0 Å². The molecule has 0 saturated carbocycles. The zero-order valence-electron chi connectivity index (χ0n) is 10.0. The first-order valence-corrected chi connectivity index (χ1v) is 5.38. The van der Waals surface area contributed by atoms with Crippen LogP contribution < -0.4 is 10.4 Å². The van der Waals surface area contributed by atoms with Crippen LogP contribution in [0.15, 0.2) is 42.1 Å². The maximum Gasteiger partial charge on any atom is 0.332 e. The number of ether oxygens (including phenoxy) is 1. The minimum Gasteiger partial charge on any atom is -0.548 e. The lowest BCUT2D eigenvalue weighted by atomic mass is 10.1. The number of carboxylic acid groups (broad SMARTS) is 1. The molecule has 0 atom stereocenters. The van der Waals surface area contributed by atoms with Crippen molar-refractivity contribution in [3.8, 4) is 0 Å². The monoisotopic (exact) mass is 248 g/mol. The molecule has 0 aliphatic heterocycles. The number of hydrogen-bond acceptors (Lipinski definition) is 5. The zero-order chi connectivity index (χ0) is 13.4. The molecule has 0 bridgehead atoms. The van der Waals surface area contributed by atoms with Gasteiger partial charge >= 0.3 is 5.97 Å². The smallest absolute Gasteiger partial charge is 0.332 e. The first kappa shape index (κ1) is 13.8. The number of allylic oxidation sites excluding steroid dienone is 1. The number of benzene rings is 1. The Kier molecular flexibility index (Phi) is 5.44. The van der Waals surface area contributed by atoms with Crippen LogP contribution in [0.1, 0.15) is 5.56 Å². The number of methoxy groups -OCH3 is 1. The molecule has 0 unspecified atom stereocenters. The van der Waals surface area contributed by atoms with Gasteiger partial charge in [-0.25, -0.2) is 4.79 Å². The van der Waals surface area contributed by atoms with Crippen molar-refractivity contribution in [1.82, 2.24) is 5.32 Å². The number of carboxylic acids is 1. The summed E-state index contributed by atoms with van der Waals surface area (Å²) in [5, 5.41) is 13.0. The molecule has 1 rings (SSSR count). The number of esters is 1. The summed E-state index contributed by atoms with van der Waals surface area (Å²) in [5.74, 6) is -1.77. The van der Waals surface area contributed by atoms with E-state index >= 15 is 0 Å². The molecule has 96 valence electrons. The van der Waals surface area contributed by atoms with Gasteiger partial charge in [0, 0.05) is 18.2 Å². The van der Waals surface area contributed by atoms with Crippen LogP contribution in [0.4, 0.5) is 0 Å². The Labute approximate surface area is 105 Å². The van der Waals surface area contributed by atoms with E-state index in [0.717, 1.165) is 5.56 Å². The summed E-state index contributed by atoms with van der Waals surface area (Å²) < 4.78 is 4.51. The fourth-order valence-corrected chi connectivity index (χ4v) is 1.37. The Balaban J connectivity index is 2.74. The highest BCUT2D eigenvalue weighted by Gasteiger charge is 2.03. The van der Waals surface area contributed by atoms with Crippen LogP contribution in [0.5, 0.6) is 0 Å². The molecular weight excluding hydrogens is 234 g/mol. The van der Waals surface area contributed by atoms with Gasteiger partial charge in [-0.05, 0) is 5.56 Å². The van der Waals surface area contributed by atoms with Crippen molar-refractivity contribution < 1.29 is 19.4 Å². The minimum absolute atomic E-state index is 0.352. The van der Waals surface area contributed by atoms with E-state index in [-0.39, 0.29) is 6.54 Å². The van der Waals surface area contributed by atoms with Gasteiger partial charge in [0.05, 0.1) is 19.6 Å². The molecule has 0 saturated heterocycles. The third-order valence-corrected chi connectivity index (χ3v) is 2.19. The molecule has 0 spiro atoms. The van der Waals surface area contributed by atoms with Crippen LogP contribution >= 0.6 is 0 Å². The molecule has 0 heterocycles. The Morgan fingerprint density at radius 2 is 2.00 bits per heavy atom. The Hall–Kier alpha value is -2.30. The third-order valence-electron chi connectivity index (χ3n) is 2.19. The van der Waals surface area contributed by atoms with Crippen molar-refractivity contribution in [3.63, 3.8) is 0 Å². The minimum atomic E-state index is -1.24. The van der Waals surface area contributed by atoms with Gasteiger partial charge in [0.15, 0.2) is 0 Å². The first-order valence-electron chi connectivity index (χ1n) is 5.38. The fourth-order valence-electron chi connectivity index (χ4n) is 1.37. The van der Waals surface area contributed by atoms with E-state index in [2.05, 4.69) is 10.1 Å². The van der Waals surface area contributed by atoms with Crippen molar-refractivity contribution in [1.29, 1.82) is 0 Å². The summed E-state index contributed by atoms with van der Waals surface area (Å²) in [6.07, 6.45) is 1.65. The number of rotatable bonds is 6. The summed E-state index contributed by atoms with van der Waals surface area (Å²) in [7, 11) is 1.26. The number of carbonyl (C=O) groups excluding carboxylic acids is 2. The zero-order valence-corrected chi connectivity index (χ0v) is 10.0. The number of nitrogens with one attached hydrogen (secondary N) is 1. The molecule has 0 aliphatic rings. The number of carbonyl (C=O) groups is 2. The molecule has 0 fully saturated rings. The van der Waals surface area contributed by atoms with Gasteiger partial charge in [-0.1, -0.05) is 30.3 Å². The SMILES string of the molecule is COC(=O)/C=C(/Cc1ccccc1)NCC(=O)[O-]. The van der Waals surface area contributed by atoms with Gasteiger partial charge in [0.1, 0.15) is 0 Å². The number of aliphatic carboxylic acids is 1. The van der Waals surface area contributed by atoms with Gasteiger partial charge in [-0.3, -0.25) is 0 Å². The predicted molar refractivity (Wildman–Crippen MR) is 63.3 cm³/mol. The van der Waals surface area contributed by atoms with Crippen LogP contribution in [0.25, 0.3) is 0 Å². The molecule has 5 heteroatoms. The van der Waals surface area contributed by atoms with Crippen molar-refractivity contribution in [3.05, 3.63) is 47.7 Å². The quantitative estimate of drug-likeness (QED) is 0.548. The van der Waals surface area contributed by atoms with E-state index in [0.29, 0.717) is 12.1 Å². The van der Waals surface area contributed by atoms with Crippen LogP contribution in [-0.2, 0) is 20.7 Å². The van der Waals surface area contributed by atoms with Crippen LogP contribution in [0.3, 0.4) is 0 Å². The summed E-state index contributed by atoms with van der Waals surface area (Å²) in [6.45, 7) is -0.352. The van der Waals surface area contributed by atoms with E-state index in [1.54, 1.807) is 0 Å². The molecule has 0 aliphatic carbocycles. The fraction of sp³-hybridized carbons (Fsp3) is 0.231. The second kappa shape index (κ2) is 7.11.